The molecular formula is C23H32N2O4. The maximum absolute atomic E-state index is 12.6. The second-order valence-corrected chi connectivity index (χ2v) is 7.88. The largest absolute Gasteiger partial charge is 0.493 e. The number of para-hydroxylation sites is 2. The number of nitrogens with zero attached hydrogens (tertiary/aromatic N) is 1. The van der Waals surface area contributed by atoms with E-state index >= 15 is 0 Å². The van der Waals surface area contributed by atoms with E-state index in [-0.39, 0.29) is 18.4 Å². The van der Waals surface area contributed by atoms with Crippen LogP contribution in [-0.2, 0) is 9.59 Å². The normalized spacial score (nSPS) is 19.3. The second kappa shape index (κ2) is 10.9. The summed E-state index contributed by atoms with van der Waals surface area (Å²) in [6, 6.07) is 7.27. The topological polar surface area (TPSA) is 67.9 Å². The van der Waals surface area contributed by atoms with Crippen molar-refractivity contribution >= 4 is 11.8 Å². The van der Waals surface area contributed by atoms with E-state index in [1.807, 2.05) is 17.0 Å². The number of rotatable bonds is 8. The second-order valence-electron chi connectivity index (χ2n) is 7.88. The van der Waals surface area contributed by atoms with Crippen LogP contribution in [0.5, 0.6) is 11.5 Å². The lowest BCUT2D eigenvalue weighted by molar-refractivity contribution is -0.132. The minimum Gasteiger partial charge on any atom is -0.493 e. The minimum atomic E-state index is -0.160. The van der Waals surface area contributed by atoms with Crippen LogP contribution in [0.4, 0.5) is 0 Å². The molecule has 1 aromatic carbocycles. The predicted octanol–water partition coefficient (Wildman–Crippen LogP) is 3.32. The van der Waals surface area contributed by atoms with E-state index in [1.165, 1.54) is 18.4 Å². The van der Waals surface area contributed by atoms with Crippen LogP contribution < -0.4 is 14.8 Å². The fourth-order valence-electron chi connectivity index (χ4n) is 4.02. The van der Waals surface area contributed by atoms with Crippen molar-refractivity contribution in [3.05, 3.63) is 35.9 Å². The SMILES string of the molecule is COc1ccccc1OCC(=O)NCC1CCCN(C(=O)CC2=CCCCC2)C1. The third kappa shape index (κ3) is 6.51. The van der Waals surface area contributed by atoms with Gasteiger partial charge in [-0.25, -0.2) is 0 Å². The van der Waals surface area contributed by atoms with E-state index in [1.54, 1.807) is 19.2 Å². The number of methoxy groups -OCH3 is 1. The van der Waals surface area contributed by atoms with E-state index in [0.29, 0.717) is 30.4 Å². The Labute approximate surface area is 173 Å². The maximum atomic E-state index is 12.6. The van der Waals surface area contributed by atoms with E-state index < -0.39 is 0 Å². The Morgan fingerprint density at radius 3 is 2.76 bits per heavy atom. The molecule has 3 rings (SSSR count). The van der Waals surface area contributed by atoms with Crippen molar-refractivity contribution in [2.75, 3.05) is 33.4 Å². The number of allylic oxidation sites excluding steroid dienone is 1. The summed E-state index contributed by atoms with van der Waals surface area (Å²) in [7, 11) is 1.57. The Morgan fingerprint density at radius 2 is 2.00 bits per heavy atom. The lowest BCUT2D eigenvalue weighted by atomic mass is 9.94. The molecule has 1 fully saturated rings. The first-order chi connectivity index (χ1) is 14.2. The molecule has 0 saturated carbocycles. The summed E-state index contributed by atoms with van der Waals surface area (Å²) >= 11 is 0. The van der Waals surface area contributed by atoms with Gasteiger partial charge in [0.2, 0.25) is 5.91 Å². The molecule has 1 unspecified atom stereocenters. The summed E-state index contributed by atoms with van der Waals surface area (Å²) in [4.78, 5) is 26.8. The van der Waals surface area contributed by atoms with Gasteiger partial charge in [-0.1, -0.05) is 23.8 Å². The highest BCUT2D eigenvalue weighted by Crippen LogP contribution is 2.26. The van der Waals surface area contributed by atoms with Crippen molar-refractivity contribution in [2.45, 2.75) is 44.9 Å². The Hall–Kier alpha value is -2.50. The van der Waals surface area contributed by atoms with Gasteiger partial charge in [-0.2, -0.15) is 0 Å². The van der Waals surface area contributed by atoms with Crippen molar-refractivity contribution < 1.29 is 19.1 Å². The van der Waals surface area contributed by atoms with Crippen LogP contribution in [0.3, 0.4) is 0 Å². The zero-order valence-corrected chi connectivity index (χ0v) is 17.3. The third-order valence-corrected chi connectivity index (χ3v) is 5.65. The number of likely N-dealkylation sites (tertiary alicyclic amines) is 1. The van der Waals surface area contributed by atoms with Gasteiger partial charge in [-0.05, 0) is 56.6 Å². The lowest BCUT2D eigenvalue weighted by Crippen LogP contribution is -2.44. The van der Waals surface area contributed by atoms with Gasteiger partial charge in [0.15, 0.2) is 18.1 Å². The molecule has 0 radical (unpaired) electrons. The molecule has 1 aliphatic carbocycles. The monoisotopic (exact) mass is 400 g/mol. The number of ether oxygens (including phenoxy) is 2. The fraction of sp³-hybridized carbons (Fsp3) is 0.565. The summed E-state index contributed by atoms with van der Waals surface area (Å²) in [5.41, 5.74) is 1.30. The number of amides is 2. The van der Waals surface area contributed by atoms with Crippen LogP contribution in [0.25, 0.3) is 0 Å². The molecule has 1 saturated heterocycles. The van der Waals surface area contributed by atoms with Crippen LogP contribution in [0.15, 0.2) is 35.9 Å². The zero-order chi connectivity index (χ0) is 20.5. The van der Waals surface area contributed by atoms with Crippen molar-refractivity contribution in [3.8, 4) is 11.5 Å². The zero-order valence-electron chi connectivity index (χ0n) is 17.3. The van der Waals surface area contributed by atoms with Gasteiger partial charge in [-0.15, -0.1) is 0 Å². The summed E-state index contributed by atoms with van der Waals surface area (Å²) in [5.74, 6) is 1.52. The number of benzene rings is 1. The molecule has 6 heteroatoms. The fourth-order valence-corrected chi connectivity index (χ4v) is 4.02. The molecule has 1 atom stereocenters. The lowest BCUT2D eigenvalue weighted by Gasteiger charge is -2.33. The number of piperidine rings is 1. The number of carbonyl (C=O) groups is 2. The summed E-state index contributed by atoms with van der Waals surface area (Å²) < 4.78 is 10.8. The smallest absolute Gasteiger partial charge is 0.257 e. The van der Waals surface area contributed by atoms with E-state index in [0.717, 1.165) is 38.8 Å². The van der Waals surface area contributed by atoms with E-state index in [9.17, 15) is 9.59 Å². The third-order valence-electron chi connectivity index (χ3n) is 5.65. The van der Waals surface area contributed by atoms with Crippen LogP contribution >= 0.6 is 0 Å². The average Bonchev–Trinajstić information content (AvgIpc) is 2.77. The standard InChI is InChI=1S/C23H32N2O4/c1-28-20-11-5-6-12-21(20)29-17-22(26)24-15-19-10-7-13-25(16-19)23(27)14-18-8-3-2-4-9-18/h5-6,8,11-12,19H,2-4,7,9-10,13-17H2,1H3,(H,24,26). The molecule has 1 aliphatic heterocycles. The molecule has 0 aromatic heterocycles. The van der Waals surface area contributed by atoms with Gasteiger partial charge in [-0.3, -0.25) is 9.59 Å². The van der Waals surface area contributed by atoms with Gasteiger partial charge in [0.1, 0.15) is 0 Å². The molecule has 1 heterocycles. The van der Waals surface area contributed by atoms with Gasteiger partial charge < -0.3 is 19.7 Å². The first kappa shape index (κ1) is 21.2. The van der Waals surface area contributed by atoms with Crippen LogP contribution in [0.1, 0.15) is 44.9 Å². The predicted molar refractivity (Wildman–Crippen MR) is 112 cm³/mol. The van der Waals surface area contributed by atoms with Crippen LogP contribution in [-0.4, -0.2) is 50.1 Å². The minimum absolute atomic E-state index is 0.0517. The number of carbonyl (C=O) groups excluding carboxylic acids is 2. The molecule has 0 bridgehead atoms. The van der Waals surface area contributed by atoms with Crippen molar-refractivity contribution in [1.82, 2.24) is 10.2 Å². The number of nitrogens with one attached hydrogen (secondary N) is 1. The van der Waals surface area contributed by atoms with Crippen molar-refractivity contribution in [3.63, 3.8) is 0 Å². The Bertz CT molecular complexity index is 731. The maximum Gasteiger partial charge on any atom is 0.257 e. The molecular weight excluding hydrogens is 368 g/mol. The molecule has 158 valence electrons. The highest BCUT2D eigenvalue weighted by Gasteiger charge is 2.24. The first-order valence-electron chi connectivity index (χ1n) is 10.6. The van der Waals surface area contributed by atoms with Gasteiger partial charge in [0.25, 0.3) is 5.91 Å². The summed E-state index contributed by atoms with van der Waals surface area (Å²) in [5, 5.41) is 2.95. The molecule has 29 heavy (non-hydrogen) atoms. The Balaban J connectivity index is 1.40. The average molecular weight is 401 g/mol. The first-order valence-corrected chi connectivity index (χ1v) is 10.6. The number of hydrogen-bond donors (Lipinski definition) is 1. The van der Waals surface area contributed by atoms with Crippen molar-refractivity contribution in [1.29, 1.82) is 0 Å². The van der Waals surface area contributed by atoms with Crippen LogP contribution in [0, 0.1) is 5.92 Å². The molecule has 2 aliphatic rings. The summed E-state index contributed by atoms with van der Waals surface area (Å²) in [6.07, 6.45) is 9.42. The summed E-state index contributed by atoms with van der Waals surface area (Å²) in [6.45, 7) is 2.07. The number of hydrogen-bond acceptors (Lipinski definition) is 4. The van der Waals surface area contributed by atoms with Gasteiger partial charge >= 0.3 is 0 Å². The van der Waals surface area contributed by atoms with Gasteiger partial charge in [0.05, 0.1) is 7.11 Å². The van der Waals surface area contributed by atoms with Crippen molar-refractivity contribution in [2.24, 2.45) is 5.92 Å². The molecule has 1 N–H and O–H groups in total. The molecule has 1 aromatic rings. The quantitative estimate of drug-likeness (QED) is 0.680. The van der Waals surface area contributed by atoms with Crippen LogP contribution in [0.2, 0.25) is 0 Å². The van der Waals surface area contributed by atoms with Gasteiger partial charge in [0, 0.05) is 26.1 Å². The molecule has 6 nitrogen and oxygen atoms in total. The Morgan fingerprint density at radius 1 is 1.17 bits per heavy atom. The molecule has 2 amide bonds. The Kier molecular flexibility index (Phi) is 7.96. The highest BCUT2D eigenvalue weighted by molar-refractivity contribution is 5.79. The molecule has 0 spiro atoms. The van der Waals surface area contributed by atoms with E-state index in [4.69, 9.17) is 9.47 Å². The highest BCUT2D eigenvalue weighted by atomic mass is 16.5. The van der Waals surface area contributed by atoms with E-state index in [2.05, 4.69) is 11.4 Å².